The van der Waals surface area contributed by atoms with Crippen molar-refractivity contribution < 1.29 is 14.3 Å². The zero-order chi connectivity index (χ0) is 22.3. The minimum Gasteiger partial charge on any atom is -0.378 e. The number of morpholine rings is 1. The van der Waals surface area contributed by atoms with Crippen molar-refractivity contribution in [2.75, 3.05) is 41.8 Å². The molecular weight excluding hydrogens is 436 g/mol. The summed E-state index contributed by atoms with van der Waals surface area (Å²) in [5, 5.41) is 8.80. The number of benzene rings is 2. The van der Waals surface area contributed by atoms with E-state index in [-0.39, 0.29) is 0 Å². The first-order valence-electron chi connectivity index (χ1n) is 10.2. The Balaban J connectivity index is 1.62. The van der Waals surface area contributed by atoms with Crippen LogP contribution >= 0.6 is 24.2 Å². The number of halogens is 1. The van der Waals surface area contributed by atoms with Gasteiger partial charge in [-0.05, 0) is 55.0 Å². The summed E-state index contributed by atoms with van der Waals surface area (Å²) >= 11 is 10.4. The number of anilines is 3. The molecule has 1 unspecified atom stereocenters. The van der Waals surface area contributed by atoms with Crippen LogP contribution < -0.4 is 20.9 Å². The molecule has 166 valence electrons. The third-order valence-corrected chi connectivity index (χ3v) is 5.70. The van der Waals surface area contributed by atoms with E-state index in [0.717, 1.165) is 18.8 Å². The third kappa shape index (κ3) is 6.53. The highest BCUT2D eigenvalue weighted by molar-refractivity contribution is 7.82. The summed E-state index contributed by atoms with van der Waals surface area (Å²) < 4.78 is 5.38. The second-order valence-electron chi connectivity index (χ2n) is 7.30. The number of nitrogens with one attached hydrogen (secondary N) is 3. The average molecular weight is 463 g/mol. The van der Waals surface area contributed by atoms with Crippen LogP contribution in [-0.4, -0.2) is 43.1 Å². The first-order chi connectivity index (χ1) is 14.9. The van der Waals surface area contributed by atoms with E-state index in [4.69, 9.17) is 16.3 Å². The van der Waals surface area contributed by atoms with Crippen LogP contribution in [0.25, 0.3) is 0 Å². The number of rotatable bonds is 7. The van der Waals surface area contributed by atoms with Gasteiger partial charge in [-0.15, -0.1) is 12.6 Å². The van der Waals surface area contributed by atoms with Crippen molar-refractivity contribution >= 4 is 53.2 Å². The van der Waals surface area contributed by atoms with Crippen LogP contribution in [-0.2, 0) is 9.53 Å². The maximum absolute atomic E-state index is 13.0. The van der Waals surface area contributed by atoms with E-state index < -0.39 is 16.8 Å². The largest absolute Gasteiger partial charge is 0.378 e. The molecule has 1 heterocycles. The molecule has 3 amide bonds. The molecular formula is C22H27ClN4O3S. The molecule has 2 aromatic rings. The summed E-state index contributed by atoms with van der Waals surface area (Å²) in [6.07, 6.45) is 1.02. The van der Waals surface area contributed by atoms with Gasteiger partial charge in [-0.25, -0.2) is 4.79 Å². The van der Waals surface area contributed by atoms with Gasteiger partial charge in [0.15, 0.2) is 4.87 Å². The van der Waals surface area contributed by atoms with Crippen molar-refractivity contribution in [2.45, 2.75) is 24.6 Å². The lowest BCUT2D eigenvalue weighted by Gasteiger charge is -2.29. The first-order valence-corrected chi connectivity index (χ1v) is 11.0. The monoisotopic (exact) mass is 462 g/mol. The number of carbonyl (C=O) groups excluding carboxylic acids is 2. The third-order valence-electron chi connectivity index (χ3n) is 4.91. The van der Waals surface area contributed by atoms with Gasteiger partial charge in [0.25, 0.3) is 5.91 Å². The summed E-state index contributed by atoms with van der Waals surface area (Å²) in [7, 11) is 0. The van der Waals surface area contributed by atoms with E-state index in [1.807, 2.05) is 31.2 Å². The Morgan fingerprint density at radius 3 is 2.23 bits per heavy atom. The summed E-state index contributed by atoms with van der Waals surface area (Å²) in [4.78, 5) is 26.3. The number of carbonyl (C=O) groups is 2. The van der Waals surface area contributed by atoms with Crippen LogP contribution in [0.15, 0.2) is 48.5 Å². The molecule has 1 fully saturated rings. The predicted molar refractivity (Wildman–Crippen MR) is 128 cm³/mol. The molecule has 0 spiro atoms. The van der Waals surface area contributed by atoms with Gasteiger partial charge in [-0.2, -0.15) is 0 Å². The molecule has 0 aromatic heterocycles. The van der Waals surface area contributed by atoms with Gasteiger partial charge < -0.3 is 25.6 Å². The number of thiol groups is 1. The van der Waals surface area contributed by atoms with Crippen molar-refractivity contribution in [2.24, 2.45) is 0 Å². The van der Waals surface area contributed by atoms with Crippen LogP contribution in [0.2, 0.25) is 5.02 Å². The summed E-state index contributed by atoms with van der Waals surface area (Å²) in [6, 6.07) is 13.8. The molecule has 2 aromatic carbocycles. The number of nitrogens with zero attached hydrogens (tertiary/aromatic N) is 1. The fraction of sp³-hybridized carbons (Fsp3) is 0.364. The Labute approximate surface area is 192 Å². The molecule has 0 radical (unpaired) electrons. The van der Waals surface area contributed by atoms with Crippen LogP contribution in [0.3, 0.4) is 0 Å². The lowest BCUT2D eigenvalue weighted by atomic mass is 10.1. The molecule has 1 aliphatic rings. The van der Waals surface area contributed by atoms with Gasteiger partial charge in [0.2, 0.25) is 0 Å². The van der Waals surface area contributed by atoms with Gasteiger partial charge in [0, 0.05) is 35.2 Å². The highest BCUT2D eigenvalue weighted by Gasteiger charge is 2.35. The lowest BCUT2D eigenvalue weighted by molar-refractivity contribution is -0.119. The number of ether oxygens (including phenoxy) is 1. The molecule has 0 bridgehead atoms. The Hall–Kier alpha value is -2.42. The molecule has 1 atom stereocenters. The van der Waals surface area contributed by atoms with E-state index in [0.29, 0.717) is 42.5 Å². The summed E-state index contributed by atoms with van der Waals surface area (Å²) in [6.45, 7) is 5.03. The SMILES string of the molecule is CCCC(S)(NC(=O)Nc1ccc(Cl)cc1)C(=O)Nc1ccc(N2CCOCC2)cc1. The zero-order valence-corrected chi connectivity index (χ0v) is 19.0. The maximum Gasteiger partial charge on any atom is 0.320 e. The summed E-state index contributed by atoms with van der Waals surface area (Å²) in [5.41, 5.74) is 2.28. The quantitative estimate of drug-likeness (QED) is 0.364. The fourth-order valence-corrected chi connectivity index (χ4v) is 3.80. The highest BCUT2D eigenvalue weighted by Crippen LogP contribution is 2.24. The van der Waals surface area contributed by atoms with Crippen molar-refractivity contribution in [3.8, 4) is 0 Å². The minimum absolute atomic E-state index is 0.363. The Morgan fingerprint density at radius 2 is 1.61 bits per heavy atom. The van der Waals surface area contributed by atoms with Crippen LogP contribution in [0.1, 0.15) is 19.8 Å². The van der Waals surface area contributed by atoms with Crippen molar-refractivity contribution in [1.29, 1.82) is 0 Å². The van der Waals surface area contributed by atoms with E-state index in [1.54, 1.807) is 24.3 Å². The van der Waals surface area contributed by atoms with Crippen molar-refractivity contribution in [1.82, 2.24) is 5.32 Å². The Morgan fingerprint density at radius 1 is 1.03 bits per heavy atom. The molecule has 1 aliphatic heterocycles. The highest BCUT2D eigenvalue weighted by atomic mass is 35.5. The Bertz CT molecular complexity index is 889. The molecule has 0 saturated carbocycles. The van der Waals surface area contributed by atoms with E-state index in [2.05, 4.69) is 33.5 Å². The predicted octanol–water partition coefficient (Wildman–Crippen LogP) is 4.36. The van der Waals surface area contributed by atoms with Gasteiger partial charge in [-0.3, -0.25) is 4.79 Å². The smallest absolute Gasteiger partial charge is 0.320 e. The number of hydrogen-bond acceptors (Lipinski definition) is 5. The van der Waals surface area contributed by atoms with Crippen LogP contribution in [0.5, 0.6) is 0 Å². The van der Waals surface area contributed by atoms with Gasteiger partial charge in [-0.1, -0.05) is 24.9 Å². The van der Waals surface area contributed by atoms with Crippen LogP contribution in [0, 0.1) is 0 Å². The topological polar surface area (TPSA) is 82.7 Å². The summed E-state index contributed by atoms with van der Waals surface area (Å²) in [5.74, 6) is -0.400. The first kappa shape index (κ1) is 23.2. The van der Waals surface area contributed by atoms with Crippen molar-refractivity contribution in [3.05, 3.63) is 53.6 Å². The van der Waals surface area contributed by atoms with E-state index in [1.165, 1.54) is 0 Å². The molecule has 3 rings (SSSR count). The second kappa shape index (κ2) is 10.7. The van der Waals surface area contributed by atoms with Gasteiger partial charge in [0.05, 0.1) is 13.2 Å². The zero-order valence-electron chi connectivity index (χ0n) is 17.4. The van der Waals surface area contributed by atoms with Crippen LogP contribution in [0.4, 0.5) is 21.9 Å². The Kier molecular flexibility index (Phi) is 8.06. The minimum atomic E-state index is -1.37. The second-order valence-corrected chi connectivity index (χ2v) is 8.50. The standard InChI is InChI=1S/C22H27ClN4O3S/c1-2-11-22(31,26-21(29)25-18-5-3-16(23)4-6-18)20(28)24-17-7-9-19(10-8-17)27-12-14-30-15-13-27/h3-10,31H,2,11-15H2,1H3,(H,24,28)(H2,25,26,29). The molecule has 31 heavy (non-hydrogen) atoms. The molecule has 9 heteroatoms. The fourth-order valence-electron chi connectivity index (χ4n) is 3.29. The average Bonchev–Trinajstić information content (AvgIpc) is 2.76. The molecule has 7 nitrogen and oxygen atoms in total. The van der Waals surface area contributed by atoms with Crippen molar-refractivity contribution in [3.63, 3.8) is 0 Å². The van der Waals surface area contributed by atoms with Gasteiger partial charge in [0.1, 0.15) is 0 Å². The maximum atomic E-state index is 13.0. The van der Waals surface area contributed by atoms with E-state index >= 15 is 0 Å². The number of urea groups is 1. The van der Waals surface area contributed by atoms with Gasteiger partial charge >= 0.3 is 6.03 Å². The molecule has 1 saturated heterocycles. The normalized spacial score (nSPS) is 15.6. The number of hydrogen-bond donors (Lipinski definition) is 4. The molecule has 3 N–H and O–H groups in total. The van der Waals surface area contributed by atoms with E-state index in [9.17, 15) is 9.59 Å². The molecule has 0 aliphatic carbocycles. The number of amides is 3. The lowest BCUT2D eigenvalue weighted by Crippen LogP contribution is -2.54.